The normalized spacial score (nSPS) is 15.5. The number of aryl methyl sites for hydroxylation is 1. The van der Waals surface area contributed by atoms with E-state index >= 15 is 0 Å². The van der Waals surface area contributed by atoms with Crippen molar-refractivity contribution in [3.63, 3.8) is 0 Å². The van der Waals surface area contributed by atoms with E-state index in [0.717, 1.165) is 12.8 Å². The van der Waals surface area contributed by atoms with Crippen LogP contribution < -0.4 is 0 Å². The molecular weight excluding hydrogens is 200 g/mol. The molecule has 1 heterocycles. The van der Waals surface area contributed by atoms with Crippen LogP contribution in [0.5, 0.6) is 0 Å². The molecule has 1 aromatic carbocycles. The van der Waals surface area contributed by atoms with Crippen LogP contribution in [-0.2, 0) is 6.42 Å². The van der Waals surface area contributed by atoms with Crippen molar-refractivity contribution >= 4 is 11.8 Å². The number of rotatable bonds is 2. The number of fused-ring (bicyclic) bond motifs is 1. The van der Waals surface area contributed by atoms with Crippen LogP contribution in [0.1, 0.15) is 12.0 Å². The van der Waals surface area contributed by atoms with E-state index in [1.54, 1.807) is 11.8 Å². The lowest BCUT2D eigenvalue weighted by Gasteiger charge is -2.04. The highest BCUT2D eigenvalue weighted by Gasteiger charge is 2.12. The molecule has 0 unspecified atom stereocenters. The molecule has 0 saturated heterocycles. The Balaban J connectivity index is 2.43. The first-order valence-corrected chi connectivity index (χ1v) is 5.90. The van der Waals surface area contributed by atoms with Crippen molar-refractivity contribution in [3.8, 4) is 0 Å². The zero-order chi connectivity index (χ0) is 10.7. The predicted octanol–water partition coefficient (Wildman–Crippen LogP) is 4.35. The van der Waals surface area contributed by atoms with E-state index in [9.17, 15) is 0 Å². The van der Waals surface area contributed by atoms with Gasteiger partial charge in [-0.1, -0.05) is 55.3 Å². The third-order valence-electron chi connectivity index (χ3n) is 2.60. The molecule has 76 valence electrons. The van der Waals surface area contributed by atoms with E-state index in [4.69, 9.17) is 0 Å². The second-order valence-corrected chi connectivity index (χ2v) is 4.59. The summed E-state index contributed by atoms with van der Waals surface area (Å²) in [6, 6.07) is 8.57. The molecule has 0 saturated carbocycles. The minimum absolute atomic E-state index is 1.06. The van der Waals surface area contributed by atoms with Crippen molar-refractivity contribution in [1.29, 1.82) is 0 Å². The van der Waals surface area contributed by atoms with E-state index < -0.39 is 0 Å². The molecular formula is C14H14S. The van der Waals surface area contributed by atoms with Crippen molar-refractivity contribution in [2.24, 2.45) is 0 Å². The lowest BCUT2D eigenvalue weighted by molar-refractivity contribution is 0.946. The van der Waals surface area contributed by atoms with Gasteiger partial charge < -0.3 is 0 Å². The molecule has 2 rings (SSSR count). The van der Waals surface area contributed by atoms with Gasteiger partial charge in [-0.3, -0.25) is 0 Å². The zero-order valence-corrected chi connectivity index (χ0v) is 9.52. The van der Waals surface area contributed by atoms with Crippen LogP contribution >= 0.6 is 11.8 Å². The zero-order valence-electron chi connectivity index (χ0n) is 8.70. The minimum Gasteiger partial charge on any atom is -0.0988 e. The van der Waals surface area contributed by atoms with Crippen molar-refractivity contribution in [2.45, 2.75) is 17.7 Å². The number of hydrogen-bond acceptors (Lipinski definition) is 1. The summed E-state index contributed by atoms with van der Waals surface area (Å²) in [6.07, 6.45) is 6.05. The van der Waals surface area contributed by atoms with Crippen LogP contribution in [0, 0.1) is 0 Å². The Hall–Kier alpha value is -1.21. The van der Waals surface area contributed by atoms with E-state index in [-0.39, 0.29) is 0 Å². The van der Waals surface area contributed by atoms with Gasteiger partial charge in [0.2, 0.25) is 0 Å². The molecule has 0 radical (unpaired) electrons. The van der Waals surface area contributed by atoms with E-state index in [1.807, 2.05) is 12.2 Å². The standard InChI is InChI=1S/C14H14S/c1-3-11-9-10-12-7-5-6-8-14(12)15-13(11)4-2/h3-8H,1-2,9-10H2. The summed E-state index contributed by atoms with van der Waals surface area (Å²) < 4.78 is 0. The summed E-state index contributed by atoms with van der Waals surface area (Å²) in [7, 11) is 0. The van der Waals surface area contributed by atoms with Gasteiger partial charge in [-0.05, 0) is 30.0 Å². The first-order chi connectivity index (χ1) is 7.35. The van der Waals surface area contributed by atoms with E-state index in [2.05, 4.69) is 37.4 Å². The predicted molar refractivity (Wildman–Crippen MR) is 68.0 cm³/mol. The topological polar surface area (TPSA) is 0 Å². The van der Waals surface area contributed by atoms with E-state index in [1.165, 1.54) is 20.9 Å². The van der Waals surface area contributed by atoms with Crippen LogP contribution in [0.25, 0.3) is 0 Å². The Bertz CT molecular complexity index is 427. The Kier molecular flexibility index (Phi) is 3.12. The van der Waals surface area contributed by atoms with Gasteiger partial charge in [0.05, 0.1) is 0 Å². The fourth-order valence-electron chi connectivity index (χ4n) is 1.76. The average molecular weight is 214 g/mol. The quantitative estimate of drug-likeness (QED) is 0.705. The van der Waals surface area contributed by atoms with Crippen LogP contribution in [0.15, 0.2) is 64.9 Å². The highest BCUT2D eigenvalue weighted by Crippen LogP contribution is 2.37. The monoisotopic (exact) mass is 214 g/mol. The molecule has 1 aliphatic heterocycles. The third kappa shape index (κ3) is 2.07. The summed E-state index contributed by atoms with van der Waals surface area (Å²) in [5.74, 6) is 0. The lowest BCUT2D eigenvalue weighted by Crippen LogP contribution is -1.86. The van der Waals surface area contributed by atoms with Gasteiger partial charge in [-0.25, -0.2) is 0 Å². The van der Waals surface area contributed by atoms with Crippen LogP contribution in [0.4, 0.5) is 0 Å². The fraction of sp³-hybridized carbons (Fsp3) is 0.143. The molecule has 1 aliphatic rings. The summed E-state index contributed by atoms with van der Waals surface area (Å²) in [6.45, 7) is 7.74. The molecule has 0 bridgehead atoms. The Labute approximate surface area is 95.4 Å². The molecule has 1 heteroatoms. The molecule has 0 amide bonds. The summed E-state index contributed by atoms with van der Waals surface area (Å²) in [5.41, 5.74) is 2.74. The SMILES string of the molecule is C=CC1=C(C=C)Sc2ccccc2CC1. The fourth-order valence-corrected chi connectivity index (χ4v) is 2.85. The summed E-state index contributed by atoms with van der Waals surface area (Å²) in [4.78, 5) is 2.60. The summed E-state index contributed by atoms with van der Waals surface area (Å²) in [5, 5.41) is 0. The van der Waals surface area contributed by atoms with Gasteiger partial charge in [0.25, 0.3) is 0 Å². The Morgan fingerprint density at radius 1 is 1.07 bits per heavy atom. The first kappa shape index (κ1) is 10.3. The third-order valence-corrected chi connectivity index (χ3v) is 3.87. The van der Waals surface area contributed by atoms with E-state index in [0.29, 0.717) is 0 Å². The molecule has 0 aromatic heterocycles. The van der Waals surface area contributed by atoms with Gasteiger partial charge in [-0.15, -0.1) is 0 Å². The molecule has 0 nitrogen and oxygen atoms in total. The van der Waals surface area contributed by atoms with Gasteiger partial charge in [0.1, 0.15) is 0 Å². The average Bonchev–Trinajstić information content (AvgIpc) is 2.47. The lowest BCUT2D eigenvalue weighted by atomic mass is 10.0. The number of thioether (sulfide) groups is 1. The molecule has 0 spiro atoms. The summed E-state index contributed by atoms with van der Waals surface area (Å²) >= 11 is 1.80. The van der Waals surface area contributed by atoms with Crippen LogP contribution in [0.3, 0.4) is 0 Å². The maximum absolute atomic E-state index is 3.87. The maximum atomic E-state index is 3.87. The number of allylic oxidation sites excluding steroid dienone is 3. The maximum Gasteiger partial charge on any atom is 0.0154 e. The van der Waals surface area contributed by atoms with Crippen LogP contribution in [0.2, 0.25) is 0 Å². The largest absolute Gasteiger partial charge is 0.0988 e. The second kappa shape index (κ2) is 4.54. The molecule has 1 aromatic rings. The first-order valence-electron chi connectivity index (χ1n) is 5.09. The highest BCUT2D eigenvalue weighted by molar-refractivity contribution is 8.03. The molecule has 15 heavy (non-hydrogen) atoms. The molecule has 0 atom stereocenters. The van der Waals surface area contributed by atoms with Gasteiger partial charge >= 0.3 is 0 Å². The number of hydrogen-bond donors (Lipinski definition) is 0. The minimum atomic E-state index is 1.06. The van der Waals surface area contributed by atoms with Gasteiger partial charge in [0, 0.05) is 9.80 Å². The van der Waals surface area contributed by atoms with Crippen molar-refractivity contribution in [2.75, 3.05) is 0 Å². The number of benzene rings is 1. The van der Waals surface area contributed by atoms with Crippen molar-refractivity contribution in [3.05, 3.63) is 65.6 Å². The highest BCUT2D eigenvalue weighted by atomic mass is 32.2. The van der Waals surface area contributed by atoms with Crippen LogP contribution in [-0.4, -0.2) is 0 Å². The smallest absolute Gasteiger partial charge is 0.0154 e. The van der Waals surface area contributed by atoms with Gasteiger partial charge in [0.15, 0.2) is 0 Å². The Morgan fingerprint density at radius 3 is 2.60 bits per heavy atom. The molecule has 0 fully saturated rings. The molecule has 0 aliphatic carbocycles. The molecule has 0 N–H and O–H groups in total. The van der Waals surface area contributed by atoms with Gasteiger partial charge in [-0.2, -0.15) is 0 Å². The van der Waals surface area contributed by atoms with Crippen molar-refractivity contribution in [1.82, 2.24) is 0 Å². The Morgan fingerprint density at radius 2 is 1.87 bits per heavy atom. The second-order valence-electron chi connectivity index (χ2n) is 3.51. The van der Waals surface area contributed by atoms with Crippen molar-refractivity contribution < 1.29 is 0 Å².